The quantitative estimate of drug-likeness (QED) is 0.701. The molecule has 3 nitrogen and oxygen atoms in total. The van der Waals surface area contributed by atoms with E-state index in [9.17, 15) is 0 Å². The van der Waals surface area contributed by atoms with E-state index in [0.717, 1.165) is 6.54 Å². The molecule has 0 aliphatic carbocycles. The molecule has 14 heavy (non-hydrogen) atoms. The molecule has 84 valence electrons. The number of rotatable bonds is 4. The van der Waals surface area contributed by atoms with Crippen LogP contribution in [-0.4, -0.2) is 31.4 Å². The molecule has 0 saturated carbocycles. The molecule has 0 rings (SSSR count). The molecule has 0 aromatic heterocycles. The van der Waals surface area contributed by atoms with Crippen molar-refractivity contribution in [3.05, 3.63) is 0 Å². The van der Waals surface area contributed by atoms with E-state index < -0.39 is 0 Å². The van der Waals surface area contributed by atoms with Crippen LogP contribution in [0, 0.1) is 5.41 Å². The summed E-state index contributed by atoms with van der Waals surface area (Å²) in [6, 6.07) is 0.250. The Morgan fingerprint density at radius 1 is 1.43 bits per heavy atom. The molecule has 4 heteroatoms. The Morgan fingerprint density at radius 2 is 2.00 bits per heavy atom. The molecule has 0 aromatic carbocycles. The average molecular weight is 218 g/mol. The molecule has 0 aliphatic heterocycles. The lowest BCUT2D eigenvalue weighted by atomic mass is 9.97. The van der Waals surface area contributed by atoms with Gasteiger partial charge in [0, 0.05) is 19.7 Å². The molecular weight excluding hydrogens is 196 g/mol. The van der Waals surface area contributed by atoms with Crippen molar-refractivity contribution in [3.63, 3.8) is 0 Å². The first-order valence-corrected chi connectivity index (χ1v) is 5.29. The lowest BCUT2D eigenvalue weighted by Crippen LogP contribution is -2.44. The minimum absolute atomic E-state index is 0.246. The normalized spacial score (nSPS) is 13.5. The van der Waals surface area contributed by atoms with Crippen molar-refractivity contribution in [2.75, 3.05) is 20.3 Å². The largest absolute Gasteiger partial charge is 0.383 e. The second-order valence-corrected chi connectivity index (χ2v) is 5.15. The highest BCUT2D eigenvalue weighted by Crippen LogP contribution is 2.09. The fraction of sp³-hybridized carbons (Fsp3) is 0.900. The van der Waals surface area contributed by atoms with Crippen molar-refractivity contribution in [2.24, 2.45) is 5.41 Å². The van der Waals surface area contributed by atoms with E-state index in [1.807, 2.05) is 6.92 Å². The molecule has 0 heterocycles. The highest BCUT2D eigenvalue weighted by atomic mass is 32.1. The minimum Gasteiger partial charge on any atom is -0.383 e. The summed E-state index contributed by atoms with van der Waals surface area (Å²) in [5.74, 6) is 0. The highest BCUT2D eigenvalue weighted by molar-refractivity contribution is 7.80. The van der Waals surface area contributed by atoms with Gasteiger partial charge < -0.3 is 15.4 Å². The molecule has 2 N–H and O–H groups in total. The molecular formula is C10H22N2OS. The Kier molecular flexibility index (Phi) is 6.04. The maximum absolute atomic E-state index is 5.13. The van der Waals surface area contributed by atoms with Crippen LogP contribution in [0.4, 0.5) is 0 Å². The van der Waals surface area contributed by atoms with Gasteiger partial charge in [-0.25, -0.2) is 0 Å². The molecule has 1 unspecified atom stereocenters. The van der Waals surface area contributed by atoms with E-state index >= 15 is 0 Å². The molecule has 0 radical (unpaired) electrons. The Bertz CT molecular complexity index is 177. The van der Waals surface area contributed by atoms with E-state index in [0.29, 0.717) is 11.7 Å². The first-order valence-electron chi connectivity index (χ1n) is 4.88. The summed E-state index contributed by atoms with van der Waals surface area (Å²) in [6.45, 7) is 10.1. The van der Waals surface area contributed by atoms with Crippen molar-refractivity contribution in [1.29, 1.82) is 0 Å². The zero-order valence-corrected chi connectivity index (χ0v) is 10.6. The van der Waals surface area contributed by atoms with Gasteiger partial charge in [0.15, 0.2) is 5.11 Å². The summed E-state index contributed by atoms with van der Waals surface area (Å²) in [7, 11) is 1.68. The predicted molar refractivity (Wildman–Crippen MR) is 64.5 cm³/mol. The van der Waals surface area contributed by atoms with Gasteiger partial charge >= 0.3 is 0 Å². The summed E-state index contributed by atoms with van der Waals surface area (Å²) in [6.07, 6.45) is 0. The summed E-state index contributed by atoms with van der Waals surface area (Å²) >= 11 is 5.13. The van der Waals surface area contributed by atoms with Gasteiger partial charge in [0.1, 0.15) is 0 Å². The number of hydrogen-bond acceptors (Lipinski definition) is 2. The zero-order valence-electron chi connectivity index (χ0n) is 9.81. The zero-order chi connectivity index (χ0) is 11.2. The fourth-order valence-corrected chi connectivity index (χ4v) is 1.19. The smallest absolute Gasteiger partial charge is 0.166 e. The highest BCUT2D eigenvalue weighted by Gasteiger charge is 2.10. The van der Waals surface area contributed by atoms with Gasteiger partial charge in [0.25, 0.3) is 0 Å². The van der Waals surface area contributed by atoms with Gasteiger partial charge in [-0.2, -0.15) is 0 Å². The second-order valence-electron chi connectivity index (χ2n) is 4.74. The van der Waals surface area contributed by atoms with E-state index in [-0.39, 0.29) is 11.5 Å². The first-order chi connectivity index (χ1) is 6.35. The number of methoxy groups -OCH3 is 1. The monoisotopic (exact) mass is 218 g/mol. The fourth-order valence-electron chi connectivity index (χ4n) is 0.912. The minimum atomic E-state index is 0.246. The van der Waals surface area contributed by atoms with E-state index in [1.54, 1.807) is 7.11 Å². The molecule has 0 aliphatic rings. The van der Waals surface area contributed by atoms with Crippen LogP contribution in [0.2, 0.25) is 0 Å². The third kappa shape index (κ3) is 8.26. The summed E-state index contributed by atoms with van der Waals surface area (Å²) in [5, 5.41) is 7.02. The Morgan fingerprint density at radius 3 is 2.43 bits per heavy atom. The van der Waals surface area contributed by atoms with Crippen LogP contribution in [0.1, 0.15) is 27.7 Å². The maximum Gasteiger partial charge on any atom is 0.166 e. The summed E-state index contributed by atoms with van der Waals surface area (Å²) < 4.78 is 5.00. The first kappa shape index (κ1) is 13.7. The van der Waals surface area contributed by atoms with Gasteiger partial charge in [-0.1, -0.05) is 20.8 Å². The van der Waals surface area contributed by atoms with Crippen LogP contribution in [0.25, 0.3) is 0 Å². The number of ether oxygens (including phenoxy) is 1. The van der Waals surface area contributed by atoms with Gasteiger partial charge in [0.2, 0.25) is 0 Å². The van der Waals surface area contributed by atoms with Crippen LogP contribution >= 0.6 is 12.2 Å². The summed E-state index contributed by atoms with van der Waals surface area (Å²) in [5.41, 5.74) is 0.246. The van der Waals surface area contributed by atoms with Crippen molar-refractivity contribution >= 4 is 17.3 Å². The standard InChI is InChI=1S/C10H22N2OS/c1-8(6-13-5)12-9(14)11-7-10(2,3)4/h8H,6-7H2,1-5H3,(H2,11,12,14). The number of hydrogen-bond donors (Lipinski definition) is 2. The molecule has 0 bridgehead atoms. The molecule has 1 atom stereocenters. The van der Waals surface area contributed by atoms with Gasteiger partial charge in [0.05, 0.1) is 6.61 Å². The number of nitrogens with one attached hydrogen (secondary N) is 2. The van der Waals surface area contributed by atoms with Crippen LogP contribution in [0.5, 0.6) is 0 Å². The predicted octanol–water partition coefficient (Wildman–Crippen LogP) is 1.53. The van der Waals surface area contributed by atoms with Crippen molar-refractivity contribution in [1.82, 2.24) is 10.6 Å². The molecule has 0 spiro atoms. The second kappa shape index (κ2) is 6.19. The van der Waals surface area contributed by atoms with E-state index in [4.69, 9.17) is 17.0 Å². The van der Waals surface area contributed by atoms with Crippen LogP contribution < -0.4 is 10.6 Å². The molecule has 0 fully saturated rings. The van der Waals surface area contributed by atoms with E-state index in [2.05, 4.69) is 31.4 Å². The summed E-state index contributed by atoms with van der Waals surface area (Å²) in [4.78, 5) is 0. The van der Waals surface area contributed by atoms with Crippen molar-refractivity contribution in [3.8, 4) is 0 Å². The third-order valence-electron chi connectivity index (χ3n) is 1.57. The Hall–Kier alpha value is -0.350. The average Bonchev–Trinajstić information content (AvgIpc) is 2.00. The van der Waals surface area contributed by atoms with Crippen molar-refractivity contribution in [2.45, 2.75) is 33.7 Å². The molecule has 0 aromatic rings. The van der Waals surface area contributed by atoms with Gasteiger partial charge in [-0.15, -0.1) is 0 Å². The lowest BCUT2D eigenvalue weighted by Gasteiger charge is -2.22. The van der Waals surface area contributed by atoms with Gasteiger partial charge in [-0.05, 0) is 24.6 Å². The third-order valence-corrected chi connectivity index (χ3v) is 1.84. The molecule has 0 saturated heterocycles. The van der Waals surface area contributed by atoms with E-state index in [1.165, 1.54) is 0 Å². The van der Waals surface area contributed by atoms with Crippen molar-refractivity contribution < 1.29 is 4.74 Å². The maximum atomic E-state index is 5.13. The van der Waals surface area contributed by atoms with Crippen LogP contribution in [0.3, 0.4) is 0 Å². The topological polar surface area (TPSA) is 33.3 Å². The number of thiocarbonyl (C=S) groups is 1. The van der Waals surface area contributed by atoms with Gasteiger partial charge in [-0.3, -0.25) is 0 Å². The molecule has 0 amide bonds. The Labute approximate surface area is 92.6 Å². The lowest BCUT2D eigenvalue weighted by molar-refractivity contribution is 0.179. The van der Waals surface area contributed by atoms with Crippen LogP contribution in [-0.2, 0) is 4.74 Å². The SMILES string of the molecule is COCC(C)NC(=S)NCC(C)(C)C. The Balaban J connectivity index is 3.65. The van der Waals surface area contributed by atoms with Crippen LogP contribution in [0.15, 0.2) is 0 Å².